The number of H-pyrrole nitrogens is 1. The van der Waals surface area contributed by atoms with Crippen LogP contribution in [0.1, 0.15) is 36.3 Å². The molecule has 0 bridgehead atoms. The molecule has 2 heterocycles. The molecule has 0 aliphatic heterocycles. The summed E-state index contributed by atoms with van der Waals surface area (Å²) in [6, 6.07) is 0.0353. The van der Waals surface area contributed by atoms with Crippen molar-refractivity contribution in [2.24, 2.45) is 5.73 Å². The Bertz CT molecular complexity index is 469. The zero-order chi connectivity index (χ0) is 12.3. The third kappa shape index (κ3) is 2.74. The van der Waals surface area contributed by atoms with Crippen LogP contribution in [0.2, 0.25) is 0 Å². The predicted octanol–water partition coefficient (Wildman–Crippen LogP) is 1.57. The van der Waals surface area contributed by atoms with Gasteiger partial charge in [-0.3, -0.25) is 5.10 Å². The second kappa shape index (κ2) is 5.14. The molecule has 3 N–H and O–H groups in total. The van der Waals surface area contributed by atoms with Gasteiger partial charge in [0.05, 0.1) is 18.2 Å². The first-order valence-electron chi connectivity index (χ1n) is 5.93. The Kier molecular flexibility index (Phi) is 3.58. The molecule has 2 rings (SSSR count). The van der Waals surface area contributed by atoms with Gasteiger partial charge < -0.3 is 10.3 Å². The molecule has 0 amide bonds. The molecule has 0 fully saturated rings. The fourth-order valence-corrected chi connectivity index (χ4v) is 1.96. The van der Waals surface area contributed by atoms with Gasteiger partial charge in [-0.1, -0.05) is 0 Å². The SMILES string of the molecule is Cc1[nH]ncc1CCCn1cncc1C(C)N. The van der Waals surface area contributed by atoms with Gasteiger partial charge in [0.2, 0.25) is 0 Å². The molecular weight excluding hydrogens is 214 g/mol. The van der Waals surface area contributed by atoms with Crippen molar-refractivity contribution in [3.8, 4) is 0 Å². The first kappa shape index (κ1) is 11.9. The molecule has 0 aliphatic rings. The Labute approximate surface area is 101 Å². The maximum atomic E-state index is 5.87. The zero-order valence-electron chi connectivity index (χ0n) is 10.3. The molecule has 1 atom stereocenters. The third-order valence-electron chi connectivity index (χ3n) is 2.99. The molecule has 92 valence electrons. The summed E-state index contributed by atoms with van der Waals surface area (Å²) < 4.78 is 2.13. The average molecular weight is 233 g/mol. The fourth-order valence-electron chi connectivity index (χ4n) is 1.96. The minimum absolute atomic E-state index is 0.0353. The molecule has 0 spiro atoms. The summed E-state index contributed by atoms with van der Waals surface area (Å²) in [4.78, 5) is 4.14. The van der Waals surface area contributed by atoms with E-state index in [1.165, 1.54) is 5.56 Å². The molecule has 0 saturated heterocycles. The van der Waals surface area contributed by atoms with E-state index in [0.717, 1.165) is 30.8 Å². The van der Waals surface area contributed by atoms with Gasteiger partial charge in [0.1, 0.15) is 0 Å². The van der Waals surface area contributed by atoms with Gasteiger partial charge in [0.25, 0.3) is 0 Å². The van der Waals surface area contributed by atoms with E-state index in [1.54, 1.807) is 0 Å². The number of nitrogens with two attached hydrogens (primary N) is 1. The van der Waals surface area contributed by atoms with E-state index in [0.29, 0.717) is 0 Å². The molecule has 0 radical (unpaired) electrons. The van der Waals surface area contributed by atoms with Crippen LogP contribution >= 0.6 is 0 Å². The van der Waals surface area contributed by atoms with Gasteiger partial charge in [-0.25, -0.2) is 4.98 Å². The van der Waals surface area contributed by atoms with Crippen molar-refractivity contribution in [2.75, 3.05) is 0 Å². The van der Waals surface area contributed by atoms with Crippen LogP contribution < -0.4 is 5.73 Å². The van der Waals surface area contributed by atoms with Crippen LogP contribution in [0.3, 0.4) is 0 Å². The summed E-state index contributed by atoms with van der Waals surface area (Å²) in [5, 5.41) is 6.97. The largest absolute Gasteiger partial charge is 0.333 e. The summed E-state index contributed by atoms with van der Waals surface area (Å²) in [6.45, 7) is 4.97. The standard InChI is InChI=1S/C12H19N5/c1-9(13)12-7-14-8-17(12)5-3-4-11-6-15-16-10(11)2/h6-9H,3-5,13H2,1-2H3,(H,15,16). The van der Waals surface area contributed by atoms with Crippen molar-refractivity contribution in [1.82, 2.24) is 19.7 Å². The van der Waals surface area contributed by atoms with Crippen LogP contribution in [0.5, 0.6) is 0 Å². The number of nitrogens with one attached hydrogen (secondary N) is 1. The average Bonchev–Trinajstić information content (AvgIpc) is 2.88. The van der Waals surface area contributed by atoms with Crippen molar-refractivity contribution >= 4 is 0 Å². The van der Waals surface area contributed by atoms with Crippen molar-refractivity contribution in [1.29, 1.82) is 0 Å². The molecule has 2 aromatic rings. The van der Waals surface area contributed by atoms with Gasteiger partial charge in [-0.05, 0) is 32.3 Å². The second-order valence-electron chi connectivity index (χ2n) is 4.42. The minimum atomic E-state index is 0.0353. The second-order valence-corrected chi connectivity index (χ2v) is 4.42. The molecule has 0 aliphatic carbocycles. The maximum absolute atomic E-state index is 5.87. The molecule has 5 heteroatoms. The highest BCUT2D eigenvalue weighted by molar-refractivity contribution is 5.14. The third-order valence-corrected chi connectivity index (χ3v) is 2.99. The Balaban J connectivity index is 1.90. The minimum Gasteiger partial charge on any atom is -0.333 e. The smallest absolute Gasteiger partial charge is 0.0948 e. The molecule has 0 saturated carbocycles. The number of nitrogens with zero attached hydrogens (tertiary/aromatic N) is 3. The van der Waals surface area contributed by atoms with E-state index in [4.69, 9.17) is 5.73 Å². The number of aromatic nitrogens is 4. The lowest BCUT2D eigenvalue weighted by Crippen LogP contribution is -2.12. The first-order valence-corrected chi connectivity index (χ1v) is 5.93. The summed E-state index contributed by atoms with van der Waals surface area (Å²) >= 11 is 0. The highest BCUT2D eigenvalue weighted by atomic mass is 15.1. The predicted molar refractivity (Wildman–Crippen MR) is 66.5 cm³/mol. The lowest BCUT2D eigenvalue weighted by atomic mass is 10.1. The molecule has 0 aromatic carbocycles. The molecule has 5 nitrogen and oxygen atoms in total. The van der Waals surface area contributed by atoms with Gasteiger partial charge >= 0.3 is 0 Å². The first-order chi connectivity index (χ1) is 8.18. The summed E-state index contributed by atoms with van der Waals surface area (Å²) in [5.74, 6) is 0. The Morgan fingerprint density at radius 3 is 2.94 bits per heavy atom. The quantitative estimate of drug-likeness (QED) is 0.823. The normalized spacial score (nSPS) is 12.9. The number of rotatable bonds is 5. The fraction of sp³-hybridized carbons (Fsp3) is 0.500. The topological polar surface area (TPSA) is 72.5 Å². The van der Waals surface area contributed by atoms with Crippen LogP contribution in [0, 0.1) is 6.92 Å². The van der Waals surface area contributed by atoms with Crippen molar-refractivity contribution in [2.45, 2.75) is 39.3 Å². The van der Waals surface area contributed by atoms with Crippen molar-refractivity contribution in [3.05, 3.63) is 35.7 Å². The van der Waals surface area contributed by atoms with Crippen LogP contribution in [0.4, 0.5) is 0 Å². The summed E-state index contributed by atoms with van der Waals surface area (Å²) in [7, 11) is 0. The number of hydrogen-bond donors (Lipinski definition) is 2. The van der Waals surface area contributed by atoms with E-state index < -0.39 is 0 Å². The molecule has 2 aromatic heterocycles. The van der Waals surface area contributed by atoms with Crippen LogP contribution in [0.15, 0.2) is 18.7 Å². The number of aromatic amines is 1. The van der Waals surface area contributed by atoms with E-state index in [2.05, 4.69) is 19.7 Å². The van der Waals surface area contributed by atoms with E-state index in [9.17, 15) is 0 Å². The van der Waals surface area contributed by atoms with Gasteiger partial charge in [-0.2, -0.15) is 5.10 Å². The highest BCUT2D eigenvalue weighted by Gasteiger charge is 2.06. The monoisotopic (exact) mass is 233 g/mol. The van der Waals surface area contributed by atoms with Gasteiger partial charge in [0, 0.05) is 24.5 Å². The number of imidazole rings is 1. The van der Waals surface area contributed by atoms with E-state index in [1.807, 2.05) is 32.6 Å². The lowest BCUT2D eigenvalue weighted by Gasteiger charge is -2.10. The summed E-state index contributed by atoms with van der Waals surface area (Å²) in [5.41, 5.74) is 9.41. The molecular formula is C12H19N5. The van der Waals surface area contributed by atoms with E-state index >= 15 is 0 Å². The Hall–Kier alpha value is -1.62. The maximum Gasteiger partial charge on any atom is 0.0948 e. The zero-order valence-corrected chi connectivity index (χ0v) is 10.3. The number of hydrogen-bond acceptors (Lipinski definition) is 3. The molecule has 1 unspecified atom stereocenters. The van der Waals surface area contributed by atoms with E-state index in [-0.39, 0.29) is 6.04 Å². The van der Waals surface area contributed by atoms with Crippen molar-refractivity contribution in [3.63, 3.8) is 0 Å². The van der Waals surface area contributed by atoms with Crippen LogP contribution in [0.25, 0.3) is 0 Å². The number of aryl methyl sites for hydroxylation is 3. The summed E-state index contributed by atoms with van der Waals surface area (Å²) in [6.07, 6.45) is 7.68. The van der Waals surface area contributed by atoms with Crippen LogP contribution in [-0.4, -0.2) is 19.7 Å². The van der Waals surface area contributed by atoms with Gasteiger partial charge in [0.15, 0.2) is 0 Å². The Morgan fingerprint density at radius 1 is 1.47 bits per heavy atom. The van der Waals surface area contributed by atoms with Gasteiger partial charge in [-0.15, -0.1) is 0 Å². The van der Waals surface area contributed by atoms with Crippen molar-refractivity contribution < 1.29 is 0 Å². The highest BCUT2D eigenvalue weighted by Crippen LogP contribution is 2.11. The lowest BCUT2D eigenvalue weighted by molar-refractivity contribution is 0.592. The Morgan fingerprint density at radius 2 is 2.29 bits per heavy atom. The van der Waals surface area contributed by atoms with Crippen LogP contribution in [-0.2, 0) is 13.0 Å². The molecule has 17 heavy (non-hydrogen) atoms.